The predicted octanol–water partition coefficient (Wildman–Crippen LogP) is 3.69. The van der Waals surface area contributed by atoms with Crippen molar-refractivity contribution in [3.05, 3.63) is 41.6 Å². The van der Waals surface area contributed by atoms with Gasteiger partial charge in [0.05, 0.1) is 5.71 Å². The lowest BCUT2D eigenvalue weighted by Crippen LogP contribution is -2.31. The van der Waals surface area contributed by atoms with Crippen molar-refractivity contribution in [3.63, 3.8) is 0 Å². The van der Waals surface area contributed by atoms with Gasteiger partial charge in [0.25, 0.3) is 0 Å². The Morgan fingerprint density at radius 1 is 1.13 bits per heavy atom. The number of aryl methyl sites for hydroxylation is 1. The third kappa shape index (κ3) is 2.85. The molecule has 1 heterocycles. The third-order valence-electron chi connectivity index (χ3n) is 4.44. The van der Waals surface area contributed by atoms with Crippen molar-refractivity contribution in [2.45, 2.75) is 26.9 Å². The van der Waals surface area contributed by atoms with Crippen LogP contribution < -0.4 is 9.64 Å². The van der Waals surface area contributed by atoms with Crippen molar-refractivity contribution in [3.8, 4) is 5.75 Å². The van der Waals surface area contributed by atoms with Crippen molar-refractivity contribution in [1.29, 1.82) is 0 Å². The van der Waals surface area contributed by atoms with Gasteiger partial charge >= 0.3 is 0 Å². The van der Waals surface area contributed by atoms with Crippen LogP contribution in [0, 0.1) is 6.92 Å². The number of benzene rings is 1. The van der Waals surface area contributed by atoms with Crippen molar-refractivity contribution in [1.82, 2.24) is 4.90 Å². The average Bonchev–Trinajstić information content (AvgIpc) is 2.54. The van der Waals surface area contributed by atoms with E-state index in [1.54, 1.807) is 0 Å². The average molecular weight is 311 g/mol. The Morgan fingerprint density at radius 2 is 1.87 bits per heavy atom. The van der Waals surface area contributed by atoms with Crippen LogP contribution in [0.4, 0.5) is 11.4 Å². The molecule has 0 aromatic heterocycles. The molecule has 1 aliphatic carbocycles. The minimum Gasteiger partial charge on any atom is -0.478 e. The molecule has 1 unspecified atom stereocenters. The van der Waals surface area contributed by atoms with Gasteiger partial charge in [0, 0.05) is 44.6 Å². The minimum atomic E-state index is -0.0999. The minimum absolute atomic E-state index is 0.0999. The summed E-state index contributed by atoms with van der Waals surface area (Å²) in [4.78, 5) is 9.23. The maximum Gasteiger partial charge on any atom is 0.161 e. The van der Waals surface area contributed by atoms with Gasteiger partial charge in [-0.25, -0.2) is 4.99 Å². The SMILES string of the molecule is CCN(CC)c1cc2c(cc1C)N=C1C=CC(N(C)C)=CC1O2. The van der Waals surface area contributed by atoms with E-state index in [0.29, 0.717) is 0 Å². The Labute approximate surface area is 138 Å². The first-order chi connectivity index (χ1) is 11.0. The molecule has 0 fully saturated rings. The van der Waals surface area contributed by atoms with Crippen molar-refractivity contribution in [2.24, 2.45) is 4.99 Å². The first kappa shape index (κ1) is 15.7. The van der Waals surface area contributed by atoms with E-state index in [2.05, 4.69) is 60.9 Å². The van der Waals surface area contributed by atoms with Gasteiger partial charge in [-0.2, -0.15) is 0 Å². The van der Waals surface area contributed by atoms with Crippen LogP contribution in [0.5, 0.6) is 5.75 Å². The van der Waals surface area contributed by atoms with E-state index in [9.17, 15) is 0 Å². The van der Waals surface area contributed by atoms with Crippen LogP contribution in [0.3, 0.4) is 0 Å². The Bertz CT molecular complexity index is 697. The molecule has 3 rings (SSSR count). The summed E-state index contributed by atoms with van der Waals surface area (Å²) in [5, 5.41) is 0. The maximum atomic E-state index is 6.24. The standard InChI is InChI=1S/C19H25N3O/c1-6-22(7-2)17-12-19-16(10-13(17)3)20-15-9-8-14(21(4)5)11-18(15)23-19/h8-12,18H,6-7H2,1-5H3. The normalized spacial score (nSPS) is 18.4. The topological polar surface area (TPSA) is 28.1 Å². The van der Waals surface area contributed by atoms with Crippen LogP contribution in [0.25, 0.3) is 0 Å². The summed E-state index contributed by atoms with van der Waals surface area (Å²) in [6.07, 6.45) is 6.16. The summed E-state index contributed by atoms with van der Waals surface area (Å²) in [6, 6.07) is 4.27. The fourth-order valence-corrected chi connectivity index (χ4v) is 3.08. The summed E-state index contributed by atoms with van der Waals surface area (Å²) in [5.74, 6) is 0.871. The molecular weight excluding hydrogens is 286 g/mol. The highest BCUT2D eigenvalue weighted by Crippen LogP contribution is 2.39. The second-order valence-electron chi connectivity index (χ2n) is 6.17. The molecule has 0 saturated carbocycles. The number of rotatable bonds is 4. The molecule has 4 nitrogen and oxygen atoms in total. The maximum absolute atomic E-state index is 6.24. The second-order valence-corrected chi connectivity index (χ2v) is 6.17. The molecular formula is C19H25N3O. The Hall–Kier alpha value is -2.23. The van der Waals surface area contributed by atoms with E-state index >= 15 is 0 Å². The molecule has 1 aromatic rings. The Morgan fingerprint density at radius 3 is 2.52 bits per heavy atom. The van der Waals surface area contributed by atoms with E-state index in [0.717, 1.165) is 35.9 Å². The summed E-state index contributed by atoms with van der Waals surface area (Å²) in [6.45, 7) is 8.47. The summed E-state index contributed by atoms with van der Waals surface area (Å²) in [5.41, 5.74) is 5.52. The van der Waals surface area contributed by atoms with Gasteiger partial charge in [-0.3, -0.25) is 0 Å². The van der Waals surface area contributed by atoms with Gasteiger partial charge in [-0.1, -0.05) is 0 Å². The molecule has 0 radical (unpaired) electrons. The van der Waals surface area contributed by atoms with Crippen LogP contribution in [0.2, 0.25) is 0 Å². The first-order valence-electron chi connectivity index (χ1n) is 8.25. The first-order valence-corrected chi connectivity index (χ1v) is 8.25. The smallest absolute Gasteiger partial charge is 0.161 e. The second kappa shape index (κ2) is 6.11. The fourth-order valence-electron chi connectivity index (χ4n) is 3.08. The van der Waals surface area contributed by atoms with Crippen molar-refractivity contribution < 1.29 is 4.74 Å². The third-order valence-corrected chi connectivity index (χ3v) is 4.44. The lowest BCUT2D eigenvalue weighted by atomic mass is 10.0. The molecule has 23 heavy (non-hydrogen) atoms. The molecule has 1 aliphatic heterocycles. The number of hydrogen-bond acceptors (Lipinski definition) is 4. The van der Waals surface area contributed by atoms with Gasteiger partial charge in [0.1, 0.15) is 11.4 Å². The van der Waals surface area contributed by atoms with Gasteiger partial charge in [0.15, 0.2) is 6.10 Å². The monoisotopic (exact) mass is 311 g/mol. The van der Waals surface area contributed by atoms with E-state index in [4.69, 9.17) is 9.73 Å². The van der Waals surface area contributed by atoms with Crippen LogP contribution in [-0.4, -0.2) is 43.9 Å². The molecule has 4 heteroatoms. The molecule has 0 amide bonds. The number of anilines is 1. The Kier molecular flexibility index (Phi) is 4.16. The molecule has 0 saturated heterocycles. The highest BCUT2D eigenvalue weighted by molar-refractivity contribution is 6.04. The fraction of sp³-hybridized carbons (Fsp3) is 0.421. The van der Waals surface area contributed by atoms with E-state index in [1.807, 2.05) is 14.1 Å². The van der Waals surface area contributed by atoms with Crippen LogP contribution in [0.1, 0.15) is 19.4 Å². The predicted molar refractivity (Wildman–Crippen MR) is 97.2 cm³/mol. The number of hydrogen-bond donors (Lipinski definition) is 0. The molecule has 1 atom stereocenters. The number of ether oxygens (including phenoxy) is 1. The summed E-state index contributed by atoms with van der Waals surface area (Å²) in [7, 11) is 4.08. The van der Waals surface area contributed by atoms with Crippen molar-refractivity contribution >= 4 is 17.1 Å². The quantitative estimate of drug-likeness (QED) is 0.849. The van der Waals surface area contributed by atoms with E-state index < -0.39 is 0 Å². The number of fused-ring (bicyclic) bond motifs is 2. The largest absolute Gasteiger partial charge is 0.478 e. The molecule has 0 N–H and O–H groups in total. The molecule has 0 spiro atoms. The van der Waals surface area contributed by atoms with Gasteiger partial charge in [-0.05, 0) is 50.6 Å². The van der Waals surface area contributed by atoms with Crippen LogP contribution in [-0.2, 0) is 0 Å². The van der Waals surface area contributed by atoms with Gasteiger partial charge < -0.3 is 14.5 Å². The van der Waals surface area contributed by atoms with Crippen molar-refractivity contribution in [2.75, 3.05) is 32.1 Å². The Balaban J connectivity index is 1.99. The zero-order valence-corrected chi connectivity index (χ0v) is 14.6. The van der Waals surface area contributed by atoms with Gasteiger partial charge in [-0.15, -0.1) is 0 Å². The molecule has 2 aliphatic rings. The molecule has 1 aromatic carbocycles. The van der Waals surface area contributed by atoms with E-state index in [-0.39, 0.29) is 6.10 Å². The number of allylic oxidation sites excluding steroid dienone is 1. The summed E-state index contributed by atoms with van der Waals surface area (Å²) >= 11 is 0. The lowest BCUT2D eigenvalue weighted by Gasteiger charge is -2.30. The number of nitrogens with zero attached hydrogens (tertiary/aromatic N) is 3. The zero-order valence-electron chi connectivity index (χ0n) is 14.6. The lowest BCUT2D eigenvalue weighted by molar-refractivity contribution is 0.304. The highest BCUT2D eigenvalue weighted by atomic mass is 16.5. The van der Waals surface area contributed by atoms with Crippen LogP contribution >= 0.6 is 0 Å². The van der Waals surface area contributed by atoms with Crippen LogP contribution in [0.15, 0.2) is 41.1 Å². The number of aliphatic imine (C=N–C) groups is 1. The number of likely N-dealkylation sites (N-methyl/N-ethyl adjacent to an activating group) is 1. The molecule has 0 bridgehead atoms. The highest BCUT2D eigenvalue weighted by Gasteiger charge is 2.25. The summed E-state index contributed by atoms with van der Waals surface area (Å²) < 4.78 is 6.24. The van der Waals surface area contributed by atoms with E-state index in [1.165, 1.54) is 11.3 Å². The zero-order chi connectivity index (χ0) is 16.6. The molecule has 122 valence electrons. The van der Waals surface area contributed by atoms with Gasteiger partial charge in [0.2, 0.25) is 0 Å².